The molecular weight excluding hydrogens is 214 g/mol. The van der Waals surface area contributed by atoms with Crippen LogP contribution in [0.3, 0.4) is 0 Å². The number of para-hydroxylation sites is 1. The third-order valence-electron chi connectivity index (χ3n) is 3.33. The van der Waals surface area contributed by atoms with Crippen LogP contribution in [0, 0.1) is 5.92 Å². The minimum absolute atomic E-state index is 0.00438. The minimum atomic E-state index is -0.00438. The fraction of sp³-hybridized carbons (Fsp3) is 0.462. The van der Waals surface area contributed by atoms with Crippen molar-refractivity contribution in [2.75, 3.05) is 18.9 Å². The van der Waals surface area contributed by atoms with Crippen molar-refractivity contribution in [1.29, 1.82) is 0 Å². The standard InChI is InChI=1S/C13H19N3O/c1-16-8-7-10(9-12(16)14)13(17)15-11-5-3-2-4-6-11/h2-6,10,12H,7-9,14H2,1H3,(H,15,17). The summed E-state index contributed by atoms with van der Waals surface area (Å²) in [5, 5.41) is 2.93. The van der Waals surface area contributed by atoms with Crippen LogP contribution in [-0.4, -0.2) is 30.6 Å². The number of hydrogen-bond donors (Lipinski definition) is 2. The van der Waals surface area contributed by atoms with Gasteiger partial charge in [0.25, 0.3) is 0 Å². The van der Waals surface area contributed by atoms with E-state index in [2.05, 4.69) is 10.2 Å². The molecule has 1 fully saturated rings. The molecule has 1 amide bonds. The highest BCUT2D eigenvalue weighted by molar-refractivity contribution is 5.92. The van der Waals surface area contributed by atoms with Crippen LogP contribution in [-0.2, 0) is 4.79 Å². The van der Waals surface area contributed by atoms with Gasteiger partial charge in [-0.3, -0.25) is 9.69 Å². The first kappa shape index (κ1) is 12.1. The molecule has 0 aliphatic carbocycles. The van der Waals surface area contributed by atoms with E-state index in [1.807, 2.05) is 37.4 Å². The average molecular weight is 233 g/mol. The zero-order valence-corrected chi connectivity index (χ0v) is 10.1. The molecule has 3 N–H and O–H groups in total. The molecule has 4 nitrogen and oxygen atoms in total. The molecule has 2 atom stereocenters. The third kappa shape index (κ3) is 3.05. The molecule has 2 unspecified atom stereocenters. The number of nitrogens with two attached hydrogens (primary N) is 1. The SMILES string of the molecule is CN1CCC(C(=O)Nc2ccccc2)CC1N. The lowest BCUT2D eigenvalue weighted by atomic mass is 9.94. The van der Waals surface area contributed by atoms with Crippen LogP contribution in [0.15, 0.2) is 30.3 Å². The van der Waals surface area contributed by atoms with Crippen molar-refractivity contribution in [2.45, 2.75) is 19.0 Å². The third-order valence-corrected chi connectivity index (χ3v) is 3.33. The lowest BCUT2D eigenvalue weighted by Crippen LogP contribution is -2.47. The Kier molecular flexibility index (Phi) is 3.76. The van der Waals surface area contributed by atoms with Gasteiger partial charge in [0.2, 0.25) is 5.91 Å². The molecule has 2 rings (SSSR count). The van der Waals surface area contributed by atoms with E-state index < -0.39 is 0 Å². The Hall–Kier alpha value is -1.39. The van der Waals surface area contributed by atoms with Crippen molar-refractivity contribution < 1.29 is 4.79 Å². The summed E-state index contributed by atoms with van der Waals surface area (Å²) >= 11 is 0. The van der Waals surface area contributed by atoms with Gasteiger partial charge in [-0.2, -0.15) is 0 Å². The van der Waals surface area contributed by atoms with Crippen LogP contribution in [0.2, 0.25) is 0 Å². The van der Waals surface area contributed by atoms with Crippen molar-refractivity contribution in [3.8, 4) is 0 Å². The molecule has 4 heteroatoms. The number of nitrogens with zero attached hydrogens (tertiary/aromatic N) is 1. The molecule has 17 heavy (non-hydrogen) atoms. The van der Waals surface area contributed by atoms with E-state index in [1.165, 1.54) is 0 Å². The van der Waals surface area contributed by atoms with Crippen LogP contribution < -0.4 is 11.1 Å². The lowest BCUT2D eigenvalue weighted by Gasteiger charge is -2.33. The van der Waals surface area contributed by atoms with Crippen LogP contribution in [0.4, 0.5) is 5.69 Å². The number of likely N-dealkylation sites (tertiary alicyclic amines) is 1. The van der Waals surface area contributed by atoms with Crippen LogP contribution in [0.5, 0.6) is 0 Å². The van der Waals surface area contributed by atoms with E-state index in [-0.39, 0.29) is 18.0 Å². The molecule has 1 aliphatic heterocycles. The van der Waals surface area contributed by atoms with Crippen LogP contribution in [0.25, 0.3) is 0 Å². The average Bonchev–Trinajstić information content (AvgIpc) is 2.34. The molecule has 1 aromatic rings. The summed E-state index contributed by atoms with van der Waals surface area (Å²) in [6, 6.07) is 9.55. The van der Waals surface area contributed by atoms with E-state index >= 15 is 0 Å². The number of rotatable bonds is 2. The van der Waals surface area contributed by atoms with Crippen molar-refractivity contribution in [3.63, 3.8) is 0 Å². The van der Waals surface area contributed by atoms with Gasteiger partial charge in [0.15, 0.2) is 0 Å². The fourth-order valence-corrected chi connectivity index (χ4v) is 2.12. The molecular formula is C13H19N3O. The topological polar surface area (TPSA) is 58.4 Å². The monoisotopic (exact) mass is 233 g/mol. The molecule has 1 aliphatic rings. The number of carbonyl (C=O) groups is 1. The molecule has 92 valence electrons. The molecule has 0 radical (unpaired) electrons. The number of benzene rings is 1. The first-order chi connectivity index (χ1) is 8.16. The van der Waals surface area contributed by atoms with Crippen molar-refractivity contribution in [1.82, 2.24) is 4.90 Å². The van der Waals surface area contributed by atoms with Crippen molar-refractivity contribution >= 4 is 11.6 Å². The van der Waals surface area contributed by atoms with Gasteiger partial charge in [0, 0.05) is 18.2 Å². The van der Waals surface area contributed by atoms with E-state index in [1.54, 1.807) is 0 Å². The quantitative estimate of drug-likeness (QED) is 0.808. The normalized spacial score (nSPS) is 25.5. The molecule has 1 heterocycles. The second-order valence-corrected chi connectivity index (χ2v) is 4.62. The number of amides is 1. The molecule has 0 saturated carbocycles. The van der Waals surface area contributed by atoms with Crippen molar-refractivity contribution in [2.24, 2.45) is 11.7 Å². The second kappa shape index (κ2) is 5.29. The maximum atomic E-state index is 12.0. The van der Waals surface area contributed by atoms with E-state index in [9.17, 15) is 4.79 Å². The Balaban J connectivity index is 1.93. The smallest absolute Gasteiger partial charge is 0.227 e. The van der Waals surface area contributed by atoms with Gasteiger partial charge < -0.3 is 11.1 Å². The van der Waals surface area contributed by atoms with Crippen LogP contribution in [0.1, 0.15) is 12.8 Å². The molecule has 1 aromatic carbocycles. The Morgan fingerprint density at radius 1 is 1.41 bits per heavy atom. The number of piperidine rings is 1. The highest BCUT2D eigenvalue weighted by atomic mass is 16.1. The van der Waals surface area contributed by atoms with E-state index in [0.717, 1.165) is 25.1 Å². The van der Waals surface area contributed by atoms with Crippen molar-refractivity contribution in [3.05, 3.63) is 30.3 Å². The van der Waals surface area contributed by atoms with Gasteiger partial charge in [-0.15, -0.1) is 0 Å². The maximum Gasteiger partial charge on any atom is 0.227 e. The van der Waals surface area contributed by atoms with Gasteiger partial charge >= 0.3 is 0 Å². The lowest BCUT2D eigenvalue weighted by molar-refractivity contribution is -0.121. The zero-order valence-electron chi connectivity index (χ0n) is 10.1. The second-order valence-electron chi connectivity index (χ2n) is 4.62. The van der Waals surface area contributed by atoms with Gasteiger partial charge in [0.1, 0.15) is 0 Å². The number of anilines is 1. The fourth-order valence-electron chi connectivity index (χ4n) is 2.12. The Morgan fingerprint density at radius 2 is 2.12 bits per heavy atom. The summed E-state index contributed by atoms with van der Waals surface area (Å²) in [6.07, 6.45) is 1.60. The van der Waals surface area contributed by atoms with E-state index in [4.69, 9.17) is 5.73 Å². The summed E-state index contributed by atoms with van der Waals surface area (Å²) in [7, 11) is 2.00. The molecule has 1 saturated heterocycles. The zero-order chi connectivity index (χ0) is 12.3. The Morgan fingerprint density at radius 3 is 2.76 bits per heavy atom. The summed E-state index contributed by atoms with van der Waals surface area (Å²) in [5.41, 5.74) is 6.80. The van der Waals surface area contributed by atoms with Gasteiger partial charge in [-0.25, -0.2) is 0 Å². The summed E-state index contributed by atoms with van der Waals surface area (Å²) < 4.78 is 0. The highest BCUT2D eigenvalue weighted by Gasteiger charge is 2.28. The summed E-state index contributed by atoms with van der Waals surface area (Å²) in [4.78, 5) is 14.1. The minimum Gasteiger partial charge on any atom is -0.326 e. The largest absolute Gasteiger partial charge is 0.326 e. The number of nitrogens with one attached hydrogen (secondary N) is 1. The number of hydrogen-bond acceptors (Lipinski definition) is 3. The predicted molar refractivity (Wildman–Crippen MR) is 68.4 cm³/mol. The molecule has 0 aromatic heterocycles. The first-order valence-corrected chi connectivity index (χ1v) is 5.98. The van der Waals surface area contributed by atoms with Gasteiger partial charge in [0.05, 0.1) is 6.17 Å². The highest BCUT2D eigenvalue weighted by Crippen LogP contribution is 2.20. The summed E-state index contributed by atoms with van der Waals surface area (Å²) in [5.74, 6) is 0.112. The maximum absolute atomic E-state index is 12.0. The summed E-state index contributed by atoms with van der Waals surface area (Å²) in [6.45, 7) is 0.883. The molecule has 0 spiro atoms. The van der Waals surface area contributed by atoms with Crippen LogP contribution >= 0.6 is 0 Å². The Labute approximate surface area is 102 Å². The Bertz CT molecular complexity index is 380. The van der Waals surface area contributed by atoms with Gasteiger partial charge in [-0.1, -0.05) is 18.2 Å². The first-order valence-electron chi connectivity index (χ1n) is 5.98. The van der Waals surface area contributed by atoms with Gasteiger partial charge in [-0.05, 0) is 32.0 Å². The number of carbonyl (C=O) groups excluding carboxylic acids is 1. The molecule has 0 bridgehead atoms. The van der Waals surface area contributed by atoms with E-state index in [0.29, 0.717) is 0 Å². The predicted octanol–water partition coefficient (Wildman–Crippen LogP) is 1.25.